The van der Waals surface area contributed by atoms with Crippen molar-refractivity contribution in [3.63, 3.8) is 0 Å². The molecule has 1 aromatic carbocycles. The van der Waals surface area contributed by atoms with Crippen LogP contribution in [0.25, 0.3) is 10.9 Å². The number of hydrogen-bond donors (Lipinski definition) is 2. The third-order valence-electron chi connectivity index (χ3n) is 9.06. The maximum atomic E-state index is 15.1. The third kappa shape index (κ3) is 8.19. The van der Waals surface area contributed by atoms with Crippen LogP contribution in [-0.2, 0) is 23.9 Å². The van der Waals surface area contributed by atoms with Gasteiger partial charge in [-0.25, -0.2) is 18.6 Å². The van der Waals surface area contributed by atoms with E-state index in [1.54, 1.807) is 11.8 Å². The minimum Gasteiger partial charge on any atom is -0.483 e. The molecule has 0 saturated carbocycles. The van der Waals surface area contributed by atoms with Crippen molar-refractivity contribution >= 4 is 46.6 Å². The van der Waals surface area contributed by atoms with Crippen LogP contribution >= 0.6 is 0 Å². The summed E-state index contributed by atoms with van der Waals surface area (Å²) < 4.78 is 40.1. The molecule has 3 aliphatic rings. The Bertz CT molecular complexity index is 1650. The Balaban J connectivity index is 1.33. The summed E-state index contributed by atoms with van der Waals surface area (Å²) >= 11 is 0. The van der Waals surface area contributed by atoms with Gasteiger partial charge in [0, 0.05) is 58.3 Å². The van der Waals surface area contributed by atoms with Crippen LogP contribution in [-0.4, -0.2) is 136 Å². The van der Waals surface area contributed by atoms with Crippen molar-refractivity contribution in [2.45, 2.75) is 57.5 Å². The summed E-state index contributed by atoms with van der Waals surface area (Å²) in [6.45, 7) is 3.36. The lowest BCUT2D eigenvalue weighted by Crippen LogP contribution is -2.56. The lowest BCUT2D eigenvalue weighted by Gasteiger charge is -2.35. The molecule has 2 aromatic rings. The fourth-order valence-electron chi connectivity index (χ4n) is 6.45. The molecule has 5 amide bonds. The number of rotatable bonds is 11. The summed E-state index contributed by atoms with van der Waals surface area (Å²) in [6.07, 6.45) is 1.65. The van der Waals surface area contributed by atoms with E-state index >= 15 is 4.39 Å². The molecule has 50 heavy (non-hydrogen) atoms. The summed E-state index contributed by atoms with van der Waals surface area (Å²) in [6, 6.07) is 1.00. The zero-order chi connectivity index (χ0) is 35.9. The number of nitrogens with zero attached hydrogens (tertiary/aromatic N) is 5. The van der Waals surface area contributed by atoms with E-state index in [4.69, 9.17) is 9.47 Å². The van der Waals surface area contributed by atoms with Gasteiger partial charge in [-0.15, -0.1) is 0 Å². The Morgan fingerprint density at radius 1 is 0.960 bits per heavy atom. The third-order valence-corrected chi connectivity index (χ3v) is 9.06. The van der Waals surface area contributed by atoms with E-state index in [2.05, 4.69) is 10.3 Å². The van der Waals surface area contributed by atoms with E-state index in [1.165, 1.54) is 14.7 Å². The van der Waals surface area contributed by atoms with E-state index in [1.807, 2.05) is 0 Å². The number of halogens is 2. The summed E-state index contributed by atoms with van der Waals surface area (Å²) in [5.41, 5.74) is -0.541. The summed E-state index contributed by atoms with van der Waals surface area (Å²) in [7, 11) is 0. The molecule has 5 rings (SSSR count). The molecule has 0 spiro atoms. The molecule has 4 heterocycles. The van der Waals surface area contributed by atoms with Gasteiger partial charge in [-0.2, -0.15) is 0 Å². The van der Waals surface area contributed by atoms with Crippen LogP contribution < -0.4 is 10.1 Å². The minimum atomic E-state index is -1.32. The smallest absolute Gasteiger partial charge is 0.409 e. The molecule has 1 aromatic heterocycles. The minimum absolute atomic E-state index is 0.115. The number of aromatic nitrogens is 1. The zero-order valence-electron chi connectivity index (χ0n) is 27.7. The zero-order valence-corrected chi connectivity index (χ0v) is 27.7. The molecule has 0 radical (unpaired) electrons. The molecular formula is C33H40F2N6O9. The summed E-state index contributed by atoms with van der Waals surface area (Å²) in [5.74, 6) is -6.29. The number of pyridine rings is 1. The Morgan fingerprint density at radius 2 is 1.66 bits per heavy atom. The van der Waals surface area contributed by atoms with Gasteiger partial charge in [0.15, 0.2) is 18.2 Å². The first-order chi connectivity index (χ1) is 24.0. The molecule has 270 valence electrons. The molecule has 3 fully saturated rings. The topological polar surface area (TPSA) is 179 Å². The predicted molar refractivity (Wildman–Crippen MR) is 171 cm³/mol. The molecule has 3 aliphatic heterocycles. The molecular weight excluding hydrogens is 662 g/mol. The normalized spacial score (nSPS) is 18.3. The second kappa shape index (κ2) is 16.1. The number of likely N-dealkylation sites (tertiary alicyclic amines) is 2. The number of carboxylic acid groups (broad SMARTS) is 1. The number of nitrogens with one attached hydrogen (secondary N) is 1. The van der Waals surface area contributed by atoms with Crippen molar-refractivity contribution in [1.82, 2.24) is 29.9 Å². The molecule has 3 saturated heterocycles. The number of hydrogen-bond acceptors (Lipinski definition) is 9. The van der Waals surface area contributed by atoms with Crippen LogP contribution in [0.4, 0.5) is 13.6 Å². The monoisotopic (exact) mass is 702 g/mol. The quantitative estimate of drug-likeness (QED) is 0.351. The first-order valence-electron chi connectivity index (χ1n) is 16.7. The van der Waals surface area contributed by atoms with Gasteiger partial charge in [-0.05, 0) is 51.2 Å². The van der Waals surface area contributed by atoms with Crippen molar-refractivity contribution in [2.24, 2.45) is 0 Å². The lowest BCUT2D eigenvalue weighted by molar-refractivity contribution is -0.144. The fraction of sp³-hybridized carbons (Fsp3) is 0.545. The van der Waals surface area contributed by atoms with Gasteiger partial charge >= 0.3 is 12.1 Å². The second-order valence-corrected chi connectivity index (χ2v) is 12.3. The second-order valence-electron chi connectivity index (χ2n) is 12.3. The van der Waals surface area contributed by atoms with Crippen LogP contribution in [0, 0.1) is 11.6 Å². The predicted octanol–water partition coefficient (Wildman–Crippen LogP) is 1.77. The molecule has 17 heteroatoms. The van der Waals surface area contributed by atoms with Crippen LogP contribution in [0.1, 0.15) is 55.9 Å². The van der Waals surface area contributed by atoms with E-state index in [-0.39, 0.29) is 62.1 Å². The number of carboxylic acids is 1. The van der Waals surface area contributed by atoms with E-state index in [9.17, 15) is 38.3 Å². The Kier molecular flexibility index (Phi) is 11.6. The Morgan fingerprint density at radius 3 is 2.34 bits per heavy atom. The maximum absolute atomic E-state index is 15.1. The Hall–Kier alpha value is -5.09. The van der Waals surface area contributed by atoms with Crippen molar-refractivity contribution in [3.8, 4) is 5.75 Å². The average Bonchev–Trinajstić information content (AvgIpc) is 3.83. The number of aliphatic carboxylic acids is 1. The molecule has 0 aliphatic carbocycles. The molecule has 2 N–H and O–H groups in total. The van der Waals surface area contributed by atoms with Crippen LogP contribution in [0.15, 0.2) is 18.2 Å². The maximum Gasteiger partial charge on any atom is 0.409 e. The van der Waals surface area contributed by atoms with Crippen LogP contribution in [0.2, 0.25) is 0 Å². The SMILES string of the molecule is CCOC(=O)N1CCN(C(=O)[C@H](CCC(=O)O)NC(=O)c2cc(OCC(=O)N3CCC[C@H]3C(=O)N3CCCC3)c3c(F)c(F)ccc3n2)CC1. The van der Waals surface area contributed by atoms with E-state index < -0.39 is 71.9 Å². The van der Waals surface area contributed by atoms with Gasteiger partial charge in [-0.3, -0.25) is 24.0 Å². The van der Waals surface area contributed by atoms with Crippen LogP contribution in [0.3, 0.4) is 0 Å². The first-order valence-corrected chi connectivity index (χ1v) is 16.7. The van der Waals surface area contributed by atoms with Gasteiger partial charge in [-0.1, -0.05) is 0 Å². The summed E-state index contributed by atoms with van der Waals surface area (Å²) in [4.78, 5) is 87.0. The van der Waals surface area contributed by atoms with Crippen LogP contribution in [0.5, 0.6) is 5.75 Å². The van der Waals surface area contributed by atoms with Gasteiger partial charge in [0.25, 0.3) is 11.8 Å². The number of benzene rings is 1. The van der Waals surface area contributed by atoms with Gasteiger partial charge in [0.2, 0.25) is 11.8 Å². The highest BCUT2D eigenvalue weighted by Crippen LogP contribution is 2.30. The van der Waals surface area contributed by atoms with Crippen molar-refractivity contribution < 1.29 is 52.1 Å². The van der Waals surface area contributed by atoms with Crippen molar-refractivity contribution in [1.29, 1.82) is 0 Å². The summed E-state index contributed by atoms with van der Waals surface area (Å²) in [5, 5.41) is 11.4. The number of amides is 5. The van der Waals surface area contributed by atoms with Gasteiger partial charge < -0.3 is 39.5 Å². The molecule has 15 nitrogen and oxygen atoms in total. The average molecular weight is 703 g/mol. The number of carbonyl (C=O) groups is 6. The van der Waals surface area contributed by atoms with Gasteiger partial charge in [0.1, 0.15) is 23.5 Å². The lowest BCUT2D eigenvalue weighted by atomic mass is 10.1. The molecule has 0 bridgehead atoms. The highest BCUT2D eigenvalue weighted by Gasteiger charge is 2.37. The van der Waals surface area contributed by atoms with E-state index in [0.717, 1.165) is 31.0 Å². The van der Waals surface area contributed by atoms with Crippen molar-refractivity contribution in [3.05, 3.63) is 35.5 Å². The number of carbonyl (C=O) groups excluding carboxylic acids is 5. The number of piperazine rings is 1. The van der Waals surface area contributed by atoms with E-state index in [0.29, 0.717) is 32.5 Å². The number of fused-ring (bicyclic) bond motifs is 1. The molecule has 2 atom stereocenters. The highest BCUT2D eigenvalue weighted by atomic mass is 19.2. The van der Waals surface area contributed by atoms with Gasteiger partial charge in [0.05, 0.1) is 17.5 Å². The highest BCUT2D eigenvalue weighted by molar-refractivity contribution is 5.99. The van der Waals surface area contributed by atoms with Crippen molar-refractivity contribution in [2.75, 3.05) is 59.0 Å². The fourth-order valence-corrected chi connectivity index (χ4v) is 6.45. The Labute approximate surface area is 286 Å². The standard InChI is InChI=1S/C33H40F2N6O9/c1-2-49-33(48)40-16-14-39(15-17-40)31(46)22(9-10-27(43)44)37-30(45)23-18-25(28-21(36-23)8-7-20(34)29(28)35)50-19-26(42)41-13-5-6-24(41)32(47)38-11-3-4-12-38/h7-8,18,22,24H,2-6,9-17,19H2,1H3,(H,37,45)(H,43,44)/t22-,24-/m0/s1. The molecule has 0 unspecified atom stereocenters. The first kappa shape index (κ1) is 36.2. The number of ether oxygens (including phenoxy) is 2. The largest absolute Gasteiger partial charge is 0.483 e.